The van der Waals surface area contributed by atoms with Gasteiger partial charge in [0.05, 0.1) is 34.3 Å². The van der Waals surface area contributed by atoms with Crippen LogP contribution < -0.4 is 11.1 Å². The topological polar surface area (TPSA) is 121 Å². The lowest BCUT2D eigenvalue weighted by Gasteiger charge is -2.15. The number of anilines is 2. The predicted molar refractivity (Wildman–Crippen MR) is 109 cm³/mol. The van der Waals surface area contributed by atoms with Crippen LogP contribution in [0.3, 0.4) is 0 Å². The molecule has 3 rings (SSSR count). The highest BCUT2D eigenvalue weighted by atomic mass is 35.5. The van der Waals surface area contributed by atoms with E-state index in [1.807, 2.05) is 6.92 Å². The number of nitrogens with one attached hydrogen (secondary N) is 1. The third-order valence-corrected chi connectivity index (χ3v) is 5.53. The Morgan fingerprint density at radius 1 is 1.37 bits per heavy atom. The zero-order valence-electron chi connectivity index (χ0n) is 14.8. The molecule has 0 aliphatic carbocycles. The fourth-order valence-electron chi connectivity index (χ4n) is 2.73. The highest BCUT2D eigenvalue weighted by molar-refractivity contribution is 7.21. The minimum absolute atomic E-state index is 0.0128. The van der Waals surface area contributed by atoms with Crippen molar-refractivity contribution in [2.75, 3.05) is 17.7 Å². The lowest BCUT2D eigenvalue weighted by atomic mass is 10.1. The molecule has 0 saturated heterocycles. The summed E-state index contributed by atoms with van der Waals surface area (Å²) in [4.78, 5) is 21.9. The highest BCUT2D eigenvalue weighted by Gasteiger charge is 2.21. The van der Waals surface area contributed by atoms with Gasteiger partial charge in [-0.2, -0.15) is 0 Å². The molecule has 0 bridgehead atoms. The van der Waals surface area contributed by atoms with Crippen LogP contribution in [0.15, 0.2) is 18.2 Å². The average molecular weight is 407 g/mol. The minimum atomic E-state index is -0.215. The van der Waals surface area contributed by atoms with E-state index in [1.165, 1.54) is 30.4 Å². The average Bonchev–Trinajstić information content (AvgIpc) is 2.95. The van der Waals surface area contributed by atoms with Crippen LogP contribution >= 0.6 is 22.9 Å². The van der Waals surface area contributed by atoms with Crippen molar-refractivity contribution in [3.8, 4) is 17.0 Å². The number of Topliss-reactive ketones (excluding diaryl/α,β-unsaturated/α-hetero) is 1. The number of aromatic nitrogens is 2. The Hall–Kier alpha value is -2.42. The summed E-state index contributed by atoms with van der Waals surface area (Å²) in [7, 11) is 0. The maximum Gasteiger partial charge on any atom is 0.224 e. The monoisotopic (exact) mass is 406 g/mol. The largest absolute Gasteiger partial charge is 0.508 e. The number of aliphatic hydroxyl groups is 1. The van der Waals surface area contributed by atoms with E-state index in [0.717, 1.165) is 0 Å². The standard InChI is InChI=1S/C18H19ClN4O3S/c1-3-11(7-24)21-18-22-15(9-4-10(19)6-12(26)5-9)13-14(20)16(8(2)25)27-17(13)23-18/h4-6,11,24,26H,3,7,20H2,1-2H3,(H,21,22,23)/t11-/m0/s1. The molecule has 0 spiro atoms. The van der Waals surface area contributed by atoms with Crippen molar-refractivity contribution in [2.45, 2.75) is 26.3 Å². The van der Waals surface area contributed by atoms with Crippen molar-refractivity contribution in [3.05, 3.63) is 28.1 Å². The van der Waals surface area contributed by atoms with Crippen molar-refractivity contribution >= 4 is 50.6 Å². The molecule has 1 aromatic carbocycles. The normalized spacial score (nSPS) is 12.3. The summed E-state index contributed by atoms with van der Waals surface area (Å²) in [5.41, 5.74) is 7.52. The minimum Gasteiger partial charge on any atom is -0.508 e. The van der Waals surface area contributed by atoms with Gasteiger partial charge in [0.1, 0.15) is 10.6 Å². The summed E-state index contributed by atoms with van der Waals surface area (Å²) >= 11 is 7.26. The molecule has 5 N–H and O–H groups in total. The number of aromatic hydroxyl groups is 1. The molecule has 2 heterocycles. The van der Waals surface area contributed by atoms with Gasteiger partial charge >= 0.3 is 0 Å². The Morgan fingerprint density at radius 2 is 2.11 bits per heavy atom. The number of hydrogen-bond acceptors (Lipinski definition) is 8. The Labute approximate surface area is 164 Å². The van der Waals surface area contributed by atoms with Gasteiger partial charge in [0.25, 0.3) is 0 Å². The van der Waals surface area contributed by atoms with E-state index in [4.69, 9.17) is 17.3 Å². The summed E-state index contributed by atoms with van der Waals surface area (Å²) in [6, 6.07) is 4.37. The Morgan fingerprint density at radius 3 is 2.70 bits per heavy atom. The number of nitrogens with two attached hydrogens (primary N) is 1. The second kappa shape index (κ2) is 7.67. The first-order chi connectivity index (χ1) is 12.8. The highest BCUT2D eigenvalue weighted by Crippen LogP contribution is 2.40. The molecule has 0 aliphatic heterocycles. The van der Waals surface area contributed by atoms with E-state index >= 15 is 0 Å². The number of thiophene rings is 1. The van der Waals surface area contributed by atoms with Crippen molar-refractivity contribution in [2.24, 2.45) is 0 Å². The first-order valence-corrected chi connectivity index (χ1v) is 9.51. The molecule has 1 atom stereocenters. The summed E-state index contributed by atoms with van der Waals surface area (Å²) < 4.78 is 0. The molecule has 0 fully saturated rings. The van der Waals surface area contributed by atoms with Crippen LogP contribution in [0.2, 0.25) is 5.02 Å². The zero-order valence-corrected chi connectivity index (χ0v) is 16.4. The number of phenolic OH excluding ortho intramolecular Hbond substituents is 1. The molecule has 9 heteroatoms. The predicted octanol–water partition coefficient (Wildman–Crippen LogP) is 3.68. The van der Waals surface area contributed by atoms with Gasteiger partial charge in [0.15, 0.2) is 5.78 Å². The van der Waals surface area contributed by atoms with E-state index in [0.29, 0.717) is 49.4 Å². The van der Waals surface area contributed by atoms with Gasteiger partial charge in [0.2, 0.25) is 5.95 Å². The third-order valence-electron chi connectivity index (χ3n) is 4.11. The molecule has 3 aromatic rings. The SMILES string of the molecule is CC[C@@H](CO)Nc1nc(-c2cc(O)cc(Cl)c2)c2c(N)c(C(C)=O)sc2n1. The molecule has 0 unspecified atom stereocenters. The number of hydrogen-bond donors (Lipinski definition) is 4. The fraction of sp³-hybridized carbons (Fsp3) is 0.278. The number of ketones is 1. The molecule has 0 aliphatic rings. The van der Waals surface area contributed by atoms with E-state index < -0.39 is 0 Å². The number of benzene rings is 1. The first kappa shape index (κ1) is 19.3. The maximum absolute atomic E-state index is 11.9. The van der Waals surface area contributed by atoms with Gasteiger partial charge in [-0.1, -0.05) is 18.5 Å². The van der Waals surface area contributed by atoms with Gasteiger partial charge in [-0.15, -0.1) is 11.3 Å². The van der Waals surface area contributed by atoms with Gasteiger partial charge in [-0.3, -0.25) is 4.79 Å². The van der Waals surface area contributed by atoms with Crippen LogP contribution in [0.4, 0.5) is 11.6 Å². The fourth-order valence-corrected chi connectivity index (χ4v) is 3.95. The number of halogens is 1. The van der Waals surface area contributed by atoms with Crippen LogP contribution in [-0.4, -0.2) is 38.6 Å². The molecule has 142 valence electrons. The van der Waals surface area contributed by atoms with Crippen LogP contribution in [0.1, 0.15) is 29.9 Å². The van der Waals surface area contributed by atoms with Crippen LogP contribution in [0, 0.1) is 0 Å². The number of carbonyl (C=O) groups excluding carboxylic acids is 1. The van der Waals surface area contributed by atoms with Crippen LogP contribution in [0.25, 0.3) is 21.5 Å². The molecule has 27 heavy (non-hydrogen) atoms. The molecule has 7 nitrogen and oxygen atoms in total. The number of nitrogen functional groups attached to an aromatic ring is 1. The molecular formula is C18H19ClN4O3S. The Kier molecular flexibility index (Phi) is 5.50. The number of phenols is 1. The van der Waals surface area contributed by atoms with E-state index in [2.05, 4.69) is 15.3 Å². The van der Waals surface area contributed by atoms with Gasteiger partial charge in [-0.05, 0) is 24.6 Å². The van der Waals surface area contributed by atoms with Crippen molar-refractivity contribution in [1.82, 2.24) is 9.97 Å². The zero-order chi connectivity index (χ0) is 19.7. The van der Waals surface area contributed by atoms with Crippen molar-refractivity contribution < 1.29 is 15.0 Å². The van der Waals surface area contributed by atoms with Crippen LogP contribution in [0.5, 0.6) is 5.75 Å². The number of fused-ring (bicyclic) bond motifs is 1. The third kappa shape index (κ3) is 3.83. The molecule has 2 aromatic heterocycles. The lowest BCUT2D eigenvalue weighted by molar-refractivity contribution is 0.102. The number of nitrogens with zero attached hydrogens (tertiary/aromatic N) is 2. The first-order valence-electron chi connectivity index (χ1n) is 8.32. The quantitative estimate of drug-likeness (QED) is 0.460. The van der Waals surface area contributed by atoms with Gasteiger partial charge in [-0.25, -0.2) is 9.97 Å². The summed E-state index contributed by atoms with van der Waals surface area (Å²) in [6.45, 7) is 3.30. The summed E-state index contributed by atoms with van der Waals surface area (Å²) in [6.07, 6.45) is 0.677. The molecule has 0 saturated carbocycles. The Balaban J connectivity index is 2.28. The second-order valence-corrected chi connectivity index (χ2v) is 7.54. The lowest BCUT2D eigenvalue weighted by Crippen LogP contribution is -2.24. The maximum atomic E-state index is 11.9. The number of aliphatic hydroxyl groups excluding tert-OH is 1. The Bertz CT molecular complexity index is 997. The molecule has 0 radical (unpaired) electrons. The van der Waals surface area contributed by atoms with E-state index in [9.17, 15) is 15.0 Å². The van der Waals surface area contributed by atoms with Crippen molar-refractivity contribution in [1.29, 1.82) is 0 Å². The molecular weight excluding hydrogens is 388 g/mol. The second-order valence-electron chi connectivity index (χ2n) is 6.11. The smallest absolute Gasteiger partial charge is 0.224 e. The van der Waals surface area contributed by atoms with Crippen LogP contribution in [-0.2, 0) is 0 Å². The summed E-state index contributed by atoms with van der Waals surface area (Å²) in [5.74, 6) is 0.127. The van der Waals surface area contributed by atoms with E-state index in [1.54, 1.807) is 6.07 Å². The number of rotatable bonds is 6. The van der Waals surface area contributed by atoms with E-state index in [-0.39, 0.29) is 24.2 Å². The molecule has 0 amide bonds. The summed E-state index contributed by atoms with van der Waals surface area (Å²) in [5, 5.41) is 23.3. The number of carbonyl (C=O) groups is 1. The van der Waals surface area contributed by atoms with Gasteiger partial charge < -0.3 is 21.3 Å². The van der Waals surface area contributed by atoms with Gasteiger partial charge in [0, 0.05) is 17.5 Å². The van der Waals surface area contributed by atoms with Crippen molar-refractivity contribution in [3.63, 3.8) is 0 Å².